The second kappa shape index (κ2) is 4.86. The van der Waals surface area contributed by atoms with Crippen molar-refractivity contribution >= 4 is 0 Å². The van der Waals surface area contributed by atoms with E-state index in [1.54, 1.807) is 0 Å². The highest BCUT2D eigenvalue weighted by molar-refractivity contribution is 4.76. The Bertz CT molecular complexity index is 155. The lowest BCUT2D eigenvalue weighted by atomic mass is 10.2. The van der Waals surface area contributed by atoms with Gasteiger partial charge < -0.3 is 4.74 Å². The molecule has 13 heavy (non-hydrogen) atoms. The first-order valence-corrected chi connectivity index (χ1v) is 4.79. The van der Waals surface area contributed by atoms with Crippen LogP contribution in [-0.4, -0.2) is 43.2 Å². The summed E-state index contributed by atoms with van der Waals surface area (Å²) < 4.78 is 29.6. The lowest BCUT2D eigenvalue weighted by Gasteiger charge is -2.36. The smallest absolute Gasteiger partial charge is 0.265 e. The molecule has 2 atom stereocenters. The highest BCUT2D eigenvalue weighted by Crippen LogP contribution is 2.15. The Kier molecular flexibility index (Phi) is 4.06. The summed E-state index contributed by atoms with van der Waals surface area (Å²) in [4.78, 5) is 2.07. The van der Waals surface area contributed by atoms with Gasteiger partial charge in [-0.1, -0.05) is 6.92 Å². The Labute approximate surface area is 77.9 Å². The first-order chi connectivity index (χ1) is 6.15. The average Bonchev–Trinajstić information content (AvgIpc) is 2.17. The van der Waals surface area contributed by atoms with E-state index < -0.39 is 12.5 Å². The molecule has 0 aromatic carbocycles. The summed E-state index contributed by atoms with van der Waals surface area (Å²) in [6.45, 7) is 5.70. The fraction of sp³-hybridized carbons (Fsp3) is 1.00. The van der Waals surface area contributed by atoms with Gasteiger partial charge in [-0.3, -0.25) is 4.90 Å². The van der Waals surface area contributed by atoms with E-state index in [1.807, 2.05) is 0 Å². The molecule has 1 fully saturated rings. The Balaban J connectivity index is 2.41. The van der Waals surface area contributed by atoms with E-state index >= 15 is 0 Å². The molecule has 1 rings (SSSR count). The number of alkyl halides is 2. The Morgan fingerprint density at radius 3 is 2.77 bits per heavy atom. The summed E-state index contributed by atoms with van der Waals surface area (Å²) >= 11 is 0. The first-order valence-electron chi connectivity index (χ1n) is 4.79. The van der Waals surface area contributed by atoms with E-state index in [0.29, 0.717) is 19.2 Å². The molecule has 4 heteroatoms. The Hall–Kier alpha value is -0.220. The summed E-state index contributed by atoms with van der Waals surface area (Å²) in [5, 5.41) is 0. The van der Waals surface area contributed by atoms with Crippen molar-refractivity contribution in [2.45, 2.75) is 38.8 Å². The minimum atomic E-state index is -2.35. The maximum Gasteiger partial charge on any atom is 0.265 e. The molecule has 1 heterocycles. The van der Waals surface area contributed by atoms with Crippen molar-refractivity contribution in [1.82, 2.24) is 4.90 Å². The summed E-state index contributed by atoms with van der Waals surface area (Å²) in [7, 11) is 0. The largest absolute Gasteiger partial charge is 0.370 e. The third-order valence-electron chi connectivity index (χ3n) is 2.62. The van der Waals surface area contributed by atoms with E-state index in [1.165, 1.54) is 0 Å². The number of morpholine rings is 1. The zero-order valence-corrected chi connectivity index (χ0v) is 8.17. The topological polar surface area (TPSA) is 12.5 Å². The van der Waals surface area contributed by atoms with E-state index in [2.05, 4.69) is 18.7 Å². The van der Waals surface area contributed by atoms with Crippen LogP contribution in [0.15, 0.2) is 0 Å². The SMILES string of the molecule is CCC(C)N1CCOC(C(F)F)C1. The maximum atomic E-state index is 12.3. The Morgan fingerprint density at radius 1 is 1.54 bits per heavy atom. The van der Waals surface area contributed by atoms with Crippen molar-refractivity contribution in [3.8, 4) is 0 Å². The molecule has 2 unspecified atom stereocenters. The van der Waals surface area contributed by atoms with Crippen molar-refractivity contribution in [1.29, 1.82) is 0 Å². The lowest BCUT2D eigenvalue weighted by Crippen LogP contribution is -2.48. The van der Waals surface area contributed by atoms with Gasteiger partial charge in [0.05, 0.1) is 6.61 Å². The second-order valence-electron chi connectivity index (χ2n) is 3.50. The molecule has 2 nitrogen and oxygen atoms in total. The quantitative estimate of drug-likeness (QED) is 0.677. The van der Waals surface area contributed by atoms with Crippen LogP contribution in [0.4, 0.5) is 8.78 Å². The van der Waals surface area contributed by atoms with Crippen LogP contribution in [0.3, 0.4) is 0 Å². The number of hydrogen-bond donors (Lipinski definition) is 0. The third-order valence-corrected chi connectivity index (χ3v) is 2.62. The van der Waals surface area contributed by atoms with Gasteiger partial charge in [0.2, 0.25) is 0 Å². The monoisotopic (exact) mass is 193 g/mol. The van der Waals surface area contributed by atoms with Crippen LogP contribution >= 0.6 is 0 Å². The molecule has 0 bridgehead atoms. The fourth-order valence-corrected chi connectivity index (χ4v) is 1.51. The van der Waals surface area contributed by atoms with Crippen LogP contribution in [0.1, 0.15) is 20.3 Å². The second-order valence-corrected chi connectivity index (χ2v) is 3.50. The van der Waals surface area contributed by atoms with Crippen molar-refractivity contribution in [2.75, 3.05) is 19.7 Å². The molecule has 0 aromatic rings. The number of rotatable bonds is 3. The van der Waals surface area contributed by atoms with Crippen LogP contribution < -0.4 is 0 Å². The predicted octanol–water partition coefficient (Wildman–Crippen LogP) is 1.75. The van der Waals surface area contributed by atoms with Gasteiger partial charge in [-0.05, 0) is 13.3 Å². The highest BCUT2D eigenvalue weighted by Gasteiger charge is 2.29. The van der Waals surface area contributed by atoms with Crippen LogP contribution in [0.5, 0.6) is 0 Å². The standard InChI is InChI=1S/C9H17F2NO/c1-3-7(2)12-4-5-13-8(6-12)9(10)11/h7-9H,3-6H2,1-2H3. The van der Waals surface area contributed by atoms with E-state index in [9.17, 15) is 8.78 Å². The van der Waals surface area contributed by atoms with Crippen LogP contribution in [0.2, 0.25) is 0 Å². The van der Waals surface area contributed by atoms with E-state index in [0.717, 1.165) is 13.0 Å². The minimum absolute atomic E-state index is 0.368. The van der Waals surface area contributed by atoms with Crippen molar-refractivity contribution < 1.29 is 13.5 Å². The summed E-state index contributed by atoms with van der Waals surface area (Å²) in [6.07, 6.45) is -2.25. The molecule has 0 amide bonds. The fourth-order valence-electron chi connectivity index (χ4n) is 1.51. The van der Waals surface area contributed by atoms with Gasteiger partial charge in [0.25, 0.3) is 6.43 Å². The highest BCUT2D eigenvalue weighted by atomic mass is 19.3. The Morgan fingerprint density at radius 2 is 2.23 bits per heavy atom. The van der Waals surface area contributed by atoms with Gasteiger partial charge in [0.15, 0.2) is 0 Å². The van der Waals surface area contributed by atoms with Crippen molar-refractivity contribution in [2.24, 2.45) is 0 Å². The van der Waals surface area contributed by atoms with Crippen LogP contribution in [-0.2, 0) is 4.74 Å². The molecule has 0 spiro atoms. The van der Waals surface area contributed by atoms with Gasteiger partial charge >= 0.3 is 0 Å². The molecular weight excluding hydrogens is 176 g/mol. The zero-order valence-electron chi connectivity index (χ0n) is 8.17. The number of ether oxygens (including phenoxy) is 1. The molecule has 1 aliphatic heterocycles. The summed E-state index contributed by atoms with van der Waals surface area (Å²) in [6, 6.07) is 0.380. The van der Waals surface area contributed by atoms with E-state index in [-0.39, 0.29) is 0 Å². The number of nitrogens with zero attached hydrogens (tertiary/aromatic N) is 1. The minimum Gasteiger partial charge on any atom is -0.370 e. The molecule has 0 aromatic heterocycles. The third kappa shape index (κ3) is 2.88. The molecule has 1 aliphatic rings. The lowest BCUT2D eigenvalue weighted by molar-refractivity contribution is -0.109. The van der Waals surface area contributed by atoms with Gasteiger partial charge in [-0.2, -0.15) is 0 Å². The number of hydrogen-bond acceptors (Lipinski definition) is 2. The van der Waals surface area contributed by atoms with E-state index in [4.69, 9.17) is 4.74 Å². The molecular formula is C9H17F2NO. The van der Waals surface area contributed by atoms with Crippen LogP contribution in [0.25, 0.3) is 0 Å². The molecule has 0 radical (unpaired) electrons. The molecule has 0 saturated carbocycles. The van der Waals surface area contributed by atoms with Crippen molar-refractivity contribution in [3.05, 3.63) is 0 Å². The molecule has 78 valence electrons. The normalized spacial score (nSPS) is 27.9. The van der Waals surface area contributed by atoms with Gasteiger partial charge in [-0.25, -0.2) is 8.78 Å². The maximum absolute atomic E-state index is 12.3. The first kappa shape index (κ1) is 10.9. The van der Waals surface area contributed by atoms with Crippen LogP contribution in [0, 0.1) is 0 Å². The van der Waals surface area contributed by atoms with Gasteiger partial charge in [0, 0.05) is 19.1 Å². The average molecular weight is 193 g/mol. The van der Waals surface area contributed by atoms with Gasteiger partial charge in [-0.15, -0.1) is 0 Å². The molecule has 0 N–H and O–H groups in total. The van der Waals surface area contributed by atoms with Crippen molar-refractivity contribution in [3.63, 3.8) is 0 Å². The molecule has 0 aliphatic carbocycles. The summed E-state index contributed by atoms with van der Waals surface area (Å²) in [5.74, 6) is 0. The van der Waals surface area contributed by atoms with Gasteiger partial charge in [0.1, 0.15) is 6.10 Å². The number of halogens is 2. The summed E-state index contributed by atoms with van der Waals surface area (Å²) in [5.41, 5.74) is 0. The predicted molar refractivity (Wildman–Crippen MR) is 47.1 cm³/mol. The zero-order chi connectivity index (χ0) is 9.84. The molecule has 1 saturated heterocycles.